The Morgan fingerprint density at radius 3 is 2.53 bits per heavy atom. The Kier molecular flexibility index (Phi) is 4.33. The van der Waals surface area contributed by atoms with Crippen LogP contribution in [0, 0.1) is 6.92 Å². The van der Waals surface area contributed by atoms with Crippen LogP contribution in [0.4, 0.5) is 5.95 Å². The van der Waals surface area contributed by atoms with Crippen molar-refractivity contribution < 1.29 is 0 Å². The van der Waals surface area contributed by atoms with Gasteiger partial charge in [0.05, 0.1) is 0 Å². The van der Waals surface area contributed by atoms with Crippen LogP contribution in [0.2, 0.25) is 0 Å². The summed E-state index contributed by atoms with van der Waals surface area (Å²) in [5, 5.41) is 3.17. The molecular weight excluding hydrogens is 210 g/mol. The summed E-state index contributed by atoms with van der Waals surface area (Å²) in [6.07, 6.45) is 0. The standard InChI is InChI=1S/C11H18ClN3/c1-7(2)10-5-8(3)13-11(15-10)14-9(4)6-12/h5,7,9H,6H2,1-4H3,(H,13,14,15). The van der Waals surface area contributed by atoms with Gasteiger partial charge in [0.2, 0.25) is 5.95 Å². The first-order chi connectivity index (χ1) is 7.02. The molecule has 84 valence electrons. The second-order valence-electron chi connectivity index (χ2n) is 4.11. The van der Waals surface area contributed by atoms with E-state index in [1.54, 1.807) is 0 Å². The maximum absolute atomic E-state index is 5.73. The summed E-state index contributed by atoms with van der Waals surface area (Å²) >= 11 is 5.73. The first-order valence-electron chi connectivity index (χ1n) is 5.21. The molecule has 1 rings (SSSR count). The van der Waals surface area contributed by atoms with Crippen LogP contribution in [-0.2, 0) is 0 Å². The van der Waals surface area contributed by atoms with Crippen LogP contribution >= 0.6 is 11.6 Å². The third-order valence-electron chi connectivity index (χ3n) is 2.07. The summed E-state index contributed by atoms with van der Waals surface area (Å²) in [6.45, 7) is 8.23. The van der Waals surface area contributed by atoms with E-state index in [2.05, 4.69) is 29.1 Å². The highest BCUT2D eigenvalue weighted by Gasteiger charge is 2.07. The quantitative estimate of drug-likeness (QED) is 0.804. The van der Waals surface area contributed by atoms with Crippen LogP contribution in [-0.4, -0.2) is 21.9 Å². The highest BCUT2D eigenvalue weighted by atomic mass is 35.5. The molecule has 15 heavy (non-hydrogen) atoms. The monoisotopic (exact) mass is 227 g/mol. The van der Waals surface area contributed by atoms with Gasteiger partial charge in [0.15, 0.2) is 0 Å². The second kappa shape index (κ2) is 5.31. The van der Waals surface area contributed by atoms with Crippen LogP contribution in [0.1, 0.15) is 38.1 Å². The summed E-state index contributed by atoms with van der Waals surface area (Å²) in [7, 11) is 0. The Labute approximate surface area is 96.3 Å². The smallest absolute Gasteiger partial charge is 0.223 e. The van der Waals surface area contributed by atoms with E-state index in [-0.39, 0.29) is 6.04 Å². The fourth-order valence-electron chi connectivity index (χ4n) is 1.21. The van der Waals surface area contributed by atoms with Crippen LogP contribution in [0.5, 0.6) is 0 Å². The lowest BCUT2D eigenvalue weighted by molar-refractivity contribution is 0.798. The Morgan fingerprint density at radius 2 is 2.00 bits per heavy atom. The van der Waals surface area contributed by atoms with Crippen molar-refractivity contribution in [1.29, 1.82) is 0 Å². The summed E-state index contributed by atoms with van der Waals surface area (Å²) in [5.74, 6) is 1.64. The van der Waals surface area contributed by atoms with Crippen molar-refractivity contribution in [2.45, 2.75) is 39.7 Å². The number of hydrogen-bond acceptors (Lipinski definition) is 3. The first-order valence-corrected chi connectivity index (χ1v) is 5.74. The predicted molar refractivity (Wildman–Crippen MR) is 64.7 cm³/mol. The van der Waals surface area contributed by atoms with E-state index in [9.17, 15) is 0 Å². The maximum Gasteiger partial charge on any atom is 0.223 e. The molecule has 0 saturated carbocycles. The van der Waals surface area contributed by atoms with Gasteiger partial charge < -0.3 is 5.32 Å². The molecule has 0 aromatic carbocycles. The molecule has 1 unspecified atom stereocenters. The third-order valence-corrected chi connectivity index (χ3v) is 2.54. The Bertz CT molecular complexity index is 326. The molecule has 0 saturated heterocycles. The van der Waals surface area contributed by atoms with Gasteiger partial charge in [-0.2, -0.15) is 0 Å². The number of hydrogen-bond donors (Lipinski definition) is 1. The first kappa shape index (κ1) is 12.2. The molecule has 0 aliphatic carbocycles. The number of aryl methyl sites for hydroxylation is 1. The number of rotatable bonds is 4. The molecule has 4 heteroatoms. The molecule has 1 N–H and O–H groups in total. The molecule has 0 aliphatic rings. The molecule has 1 atom stereocenters. The number of anilines is 1. The number of nitrogens with one attached hydrogen (secondary N) is 1. The van der Waals surface area contributed by atoms with E-state index in [4.69, 9.17) is 11.6 Å². The third kappa shape index (κ3) is 3.67. The molecule has 1 aromatic rings. The number of alkyl halides is 1. The Balaban J connectivity index is 2.88. The summed E-state index contributed by atoms with van der Waals surface area (Å²) < 4.78 is 0. The minimum absolute atomic E-state index is 0.188. The highest BCUT2D eigenvalue weighted by molar-refractivity contribution is 6.18. The van der Waals surface area contributed by atoms with Gasteiger partial charge in [-0.15, -0.1) is 11.6 Å². The zero-order valence-electron chi connectivity index (χ0n) is 9.71. The lowest BCUT2D eigenvalue weighted by atomic mass is 10.1. The molecule has 0 spiro atoms. The van der Waals surface area contributed by atoms with E-state index in [1.807, 2.05) is 19.9 Å². The van der Waals surface area contributed by atoms with Gasteiger partial charge >= 0.3 is 0 Å². The molecule has 0 fully saturated rings. The molecule has 0 amide bonds. The lowest BCUT2D eigenvalue weighted by Gasteiger charge is -2.13. The molecule has 1 heterocycles. The van der Waals surface area contributed by atoms with Crippen molar-refractivity contribution in [1.82, 2.24) is 9.97 Å². The van der Waals surface area contributed by atoms with Gasteiger partial charge in [0.1, 0.15) is 0 Å². The predicted octanol–water partition coefficient (Wildman–Crippen LogP) is 2.95. The van der Waals surface area contributed by atoms with E-state index < -0.39 is 0 Å². The summed E-state index contributed by atoms with van der Waals surface area (Å²) in [4.78, 5) is 8.76. The highest BCUT2D eigenvalue weighted by Crippen LogP contribution is 2.14. The van der Waals surface area contributed by atoms with Crippen LogP contribution < -0.4 is 5.32 Å². The normalized spacial score (nSPS) is 12.9. The number of aromatic nitrogens is 2. The maximum atomic E-state index is 5.73. The average Bonchev–Trinajstić information content (AvgIpc) is 2.16. The van der Waals surface area contributed by atoms with Crippen LogP contribution in [0.25, 0.3) is 0 Å². The zero-order chi connectivity index (χ0) is 11.4. The van der Waals surface area contributed by atoms with Gasteiger partial charge in [-0.25, -0.2) is 9.97 Å². The van der Waals surface area contributed by atoms with Gasteiger partial charge in [-0.05, 0) is 25.8 Å². The van der Waals surface area contributed by atoms with Crippen LogP contribution in [0.3, 0.4) is 0 Å². The topological polar surface area (TPSA) is 37.8 Å². The van der Waals surface area contributed by atoms with Gasteiger partial charge in [-0.3, -0.25) is 0 Å². The van der Waals surface area contributed by atoms with Crippen molar-refractivity contribution >= 4 is 17.5 Å². The zero-order valence-corrected chi connectivity index (χ0v) is 10.5. The lowest BCUT2D eigenvalue weighted by Crippen LogP contribution is -2.19. The van der Waals surface area contributed by atoms with Gasteiger partial charge in [-0.1, -0.05) is 13.8 Å². The van der Waals surface area contributed by atoms with Crippen molar-refractivity contribution in [2.75, 3.05) is 11.2 Å². The van der Waals surface area contributed by atoms with Gasteiger partial charge in [0.25, 0.3) is 0 Å². The fraction of sp³-hybridized carbons (Fsp3) is 0.636. The molecule has 3 nitrogen and oxygen atoms in total. The Morgan fingerprint density at radius 1 is 1.33 bits per heavy atom. The van der Waals surface area contributed by atoms with Crippen molar-refractivity contribution in [3.63, 3.8) is 0 Å². The molecule has 0 aliphatic heterocycles. The second-order valence-corrected chi connectivity index (χ2v) is 4.42. The average molecular weight is 228 g/mol. The van der Waals surface area contributed by atoms with Crippen molar-refractivity contribution in [3.05, 3.63) is 17.5 Å². The van der Waals surface area contributed by atoms with Crippen LogP contribution in [0.15, 0.2) is 6.07 Å². The van der Waals surface area contributed by atoms with Crippen molar-refractivity contribution in [3.8, 4) is 0 Å². The summed E-state index contributed by atoms with van der Waals surface area (Å²) in [5.41, 5.74) is 2.05. The molecular formula is C11H18ClN3. The molecule has 0 bridgehead atoms. The largest absolute Gasteiger partial charge is 0.351 e. The minimum Gasteiger partial charge on any atom is -0.351 e. The van der Waals surface area contributed by atoms with E-state index in [0.717, 1.165) is 11.4 Å². The molecule has 1 aromatic heterocycles. The minimum atomic E-state index is 0.188. The number of nitrogens with zero attached hydrogens (tertiary/aromatic N) is 2. The number of halogens is 1. The van der Waals surface area contributed by atoms with E-state index >= 15 is 0 Å². The van der Waals surface area contributed by atoms with Gasteiger partial charge in [0, 0.05) is 23.3 Å². The van der Waals surface area contributed by atoms with E-state index in [1.165, 1.54) is 0 Å². The van der Waals surface area contributed by atoms with Crippen molar-refractivity contribution in [2.24, 2.45) is 0 Å². The summed E-state index contributed by atoms with van der Waals surface area (Å²) in [6, 6.07) is 2.20. The molecule has 0 radical (unpaired) electrons. The SMILES string of the molecule is Cc1cc(C(C)C)nc(NC(C)CCl)n1. The fourth-order valence-corrected chi connectivity index (χ4v) is 1.29. The van der Waals surface area contributed by atoms with E-state index in [0.29, 0.717) is 17.7 Å². The Hall–Kier alpha value is -0.830.